The fourth-order valence-electron chi connectivity index (χ4n) is 1.71. The van der Waals surface area contributed by atoms with E-state index in [0.717, 1.165) is 6.07 Å². The maximum atomic E-state index is 13.6. The molecule has 2 N–H and O–H groups in total. The van der Waals surface area contributed by atoms with Crippen LogP contribution in [0.3, 0.4) is 0 Å². The molecule has 0 aliphatic heterocycles. The molecule has 0 aromatic heterocycles. The quantitative estimate of drug-likeness (QED) is 0.780. The molecule has 24 heavy (non-hydrogen) atoms. The zero-order valence-electron chi connectivity index (χ0n) is 12.2. The van der Waals surface area contributed by atoms with Crippen molar-refractivity contribution in [3.8, 4) is 0 Å². The molecule has 2 aromatic rings. The number of carbonyl (C=O) groups excluding carboxylic acids is 3. The number of anilines is 1. The second-order valence-electron chi connectivity index (χ2n) is 4.57. The third-order valence-corrected chi connectivity index (χ3v) is 3.26. The molecule has 0 aliphatic carbocycles. The molecule has 0 fully saturated rings. The molecule has 0 bridgehead atoms. The molecule has 0 aliphatic rings. The van der Waals surface area contributed by atoms with Gasteiger partial charge in [0.1, 0.15) is 5.82 Å². The lowest BCUT2D eigenvalue weighted by Crippen LogP contribution is -2.37. The van der Waals surface area contributed by atoms with Gasteiger partial charge in [-0.05, 0) is 30.3 Å². The van der Waals surface area contributed by atoms with Crippen LogP contribution in [-0.2, 0) is 9.53 Å². The van der Waals surface area contributed by atoms with Gasteiger partial charge in [-0.15, -0.1) is 0 Å². The molecular weight excluding hydrogens is 383 g/mol. The van der Waals surface area contributed by atoms with E-state index in [1.807, 2.05) is 5.32 Å². The average Bonchev–Trinajstić information content (AvgIpc) is 2.53. The van der Waals surface area contributed by atoms with Gasteiger partial charge in [0.2, 0.25) is 0 Å². The molecule has 8 heteroatoms. The smallest absolute Gasteiger partial charge is 0.341 e. The Bertz CT molecular complexity index is 768. The fourth-order valence-corrected chi connectivity index (χ4v) is 2.04. The van der Waals surface area contributed by atoms with Crippen LogP contribution in [0.15, 0.2) is 53.0 Å². The number of ether oxygens (including phenoxy) is 1. The molecule has 2 aromatic carbocycles. The normalized spacial score (nSPS) is 9.92. The van der Waals surface area contributed by atoms with Gasteiger partial charge in [-0.2, -0.15) is 0 Å². The van der Waals surface area contributed by atoms with E-state index in [0.29, 0.717) is 10.2 Å². The molecule has 2 rings (SSSR count). The second kappa shape index (κ2) is 8.21. The third kappa shape index (κ3) is 5.17. The first-order valence-electron chi connectivity index (χ1n) is 6.74. The Morgan fingerprint density at radius 3 is 2.46 bits per heavy atom. The highest BCUT2D eigenvalue weighted by atomic mass is 79.9. The van der Waals surface area contributed by atoms with E-state index in [4.69, 9.17) is 0 Å². The van der Waals surface area contributed by atoms with Crippen LogP contribution in [-0.4, -0.2) is 24.5 Å². The SMILES string of the molecule is O=C(COC(=O)c1ccc(Br)cc1F)NC(=O)Nc1ccccc1. The largest absolute Gasteiger partial charge is 0.452 e. The summed E-state index contributed by atoms with van der Waals surface area (Å²) in [5.74, 6) is -2.62. The molecule has 124 valence electrons. The highest BCUT2D eigenvalue weighted by Crippen LogP contribution is 2.16. The van der Waals surface area contributed by atoms with Crippen molar-refractivity contribution in [2.45, 2.75) is 0 Å². The minimum Gasteiger partial charge on any atom is -0.452 e. The second-order valence-corrected chi connectivity index (χ2v) is 5.48. The summed E-state index contributed by atoms with van der Waals surface area (Å²) in [4.78, 5) is 34.8. The highest BCUT2D eigenvalue weighted by Gasteiger charge is 2.16. The lowest BCUT2D eigenvalue weighted by atomic mass is 10.2. The van der Waals surface area contributed by atoms with E-state index in [9.17, 15) is 18.8 Å². The minimum atomic E-state index is -1.00. The number of imide groups is 1. The fraction of sp³-hybridized carbons (Fsp3) is 0.0625. The Balaban J connectivity index is 1.82. The average molecular weight is 395 g/mol. The van der Waals surface area contributed by atoms with E-state index in [-0.39, 0.29) is 5.56 Å². The van der Waals surface area contributed by atoms with Gasteiger partial charge in [0, 0.05) is 10.2 Å². The summed E-state index contributed by atoms with van der Waals surface area (Å²) in [6.07, 6.45) is 0. The van der Waals surface area contributed by atoms with Gasteiger partial charge in [-0.25, -0.2) is 14.0 Å². The van der Waals surface area contributed by atoms with Gasteiger partial charge in [0.15, 0.2) is 6.61 Å². The van der Waals surface area contributed by atoms with Gasteiger partial charge in [0.05, 0.1) is 5.56 Å². The standard InChI is InChI=1S/C16H12BrFN2O4/c17-10-6-7-12(13(18)8-10)15(22)24-9-14(21)20-16(23)19-11-4-2-1-3-5-11/h1-8H,9H2,(H2,19,20,21,23). The first-order chi connectivity index (χ1) is 11.5. The zero-order valence-corrected chi connectivity index (χ0v) is 13.8. The van der Waals surface area contributed by atoms with Crippen LogP contribution in [0.1, 0.15) is 10.4 Å². The van der Waals surface area contributed by atoms with Gasteiger partial charge in [-0.3, -0.25) is 10.1 Å². The molecule has 0 saturated carbocycles. The summed E-state index contributed by atoms with van der Waals surface area (Å²) < 4.78 is 18.7. The van der Waals surface area contributed by atoms with Crippen molar-refractivity contribution in [3.63, 3.8) is 0 Å². The Kier molecular flexibility index (Phi) is 6.02. The lowest BCUT2D eigenvalue weighted by molar-refractivity contribution is -0.123. The Hall–Kier alpha value is -2.74. The van der Waals surface area contributed by atoms with Gasteiger partial charge in [0.25, 0.3) is 5.91 Å². The summed E-state index contributed by atoms with van der Waals surface area (Å²) in [6.45, 7) is -0.712. The number of nitrogens with one attached hydrogen (secondary N) is 2. The Morgan fingerprint density at radius 1 is 1.08 bits per heavy atom. The molecular formula is C16H12BrFN2O4. The topological polar surface area (TPSA) is 84.5 Å². The van der Waals surface area contributed by atoms with Crippen LogP contribution in [0.2, 0.25) is 0 Å². The van der Waals surface area contributed by atoms with Crippen molar-refractivity contribution >= 4 is 39.5 Å². The van der Waals surface area contributed by atoms with E-state index < -0.39 is 30.3 Å². The number of hydrogen-bond acceptors (Lipinski definition) is 4. The molecule has 0 atom stereocenters. The van der Waals surface area contributed by atoms with E-state index >= 15 is 0 Å². The van der Waals surface area contributed by atoms with Crippen LogP contribution >= 0.6 is 15.9 Å². The van der Waals surface area contributed by atoms with Crippen molar-refractivity contribution in [2.75, 3.05) is 11.9 Å². The number of benzene rings is 2. The summed E-state index contributed by atoms with van der Waals surface area (Å²) in [7, 11) is 0. The van der Waals surface area contributed by atoms with Crippen molar-refractivity contribution in [1.29, 1.82) is 0 Å². The van der Waals surface area contributed by atoms with Gasteiger partial charge in [-0.1, -0.05) is 34.1 Å². The van der Waals surface area contributed by atoms with Crippen LogP contribution < -0.4 is 10.6 Å². The van der Waals surface area contributed by atoms with Crippen molar-refractivity contribution in [3.05, 3.63) is 64.4 Å². The number of rotatable bonds is 4. The van der Waals surface area contributed by atoms with E-state index in [1.54, 1.807) is 30.3 Å². The molecule has 0 heterocycles. The molecule has 0 spiro atoms. The van der Waals surface area contributed by atoms with Crippen molar-refractivity contribution in [1.82, 2.24) is 5.32 Å². The first kappa shape index (κ1) is 17.6. The van der Waals surface area contributed by atoms with Gasteiger partial charge < -0.3 is 10.1 Å². The molecule has 0 radical (unpaired) electrons. The lowest BCUT2D eigenvalue weighted by Gasteiger charge is -2.08. The number of halogens is 2. The minimum absolute atomic E-state index is 0.306. The predicted molar refractivity (Wildman–Crippen MR) is 88.0 cm³/mol. The van der Waals surface area contributed by atoms with Crippen molar-refractivity contribution in [2.24, 2.45) is 0 Å². The predicted octanol–water partition coefficient (Wildman–Crippen LogP) is 3.09. The summed E-state index contributed by atoms with van der Waals surface area (Å²) >= 11 is 3.06. The number of para-hydroxylation sites is 1. The Morgan fingerprint density at radius 2 is 1.79 bits per heavy atom. The molecule has 0 unspecified atom stereocenters. The Labute approximate surface area is 145 Å². The maximum Gasteiger partial charge on any atom is 0.341 e. The van der Waals surface area contributed by atoms with Gasteiger partial charge >= 0.3 is 12.0 Å². The van der Waals surface area contributed by atoms with Crippen molar-refractivity contribution < 1.29 is 23.5 Å². The molecule has 3 amide bonds. The number of urea groups is 1. The maximum absolute atomic E-state index is 13.6. The van der Waals surface area contributed by atoms with Crippen LogP contribution in [0, 0.1) is 5.82 Å². The number of amides is 3. The zero-order chi connectivity index (χ0) is 17.5. The summed E-state index contributed by atoms with van der Waals surface area (Å²) in [5.41, 5.74) is 0.191. The van der Waals surface area contributed by atoms with E-state index in [2.05, 4.69) is 26.0 Å². The molecule has 6 nitrogen and oxygen atoms in total. The van der Waals surface area contributed by atoms with E-state index in [1.165, 1.54) is 12.1 Å². The number of hydrogen-bond donors (Lipinski definition) is 2. The summed E-state index contributed by atoms with van der Waals surface area (Å²) in [5, 5.41) is 4.42. The van der Waals surface area contributed by atoms with Crippen LogP contribution in [0.4, 0.5) is 14.9 Å². The molecule has 0 saturated heterocycles. The monoisotopic (exact) mass is 394 g/mol. The third-order valence-electron chi connectivity index (χ3n) is 2.77. The summed E-state index contributed by atoms with van der Waals surface area (Å²) in [6, 6.07) is 11.5. The first-order valence-corrected chi connectivity index (χ1v) is 7.53. The number of esters is 1. The highest BCUT2D eigenvalue weighted by molar-refractivity contribution is 9.10. The number of carbonyl (C=O) groups is 3. The van der Waals surface area contributed by atoms with Crippen LogP contribution in [0.25, 0.3) is 0 Å². The van der Waals surface area contributed by atoms with Crippen LogP contribution in [0.5, 0.6) is 0 Å².